The molecule has 4 rings (SSSR count). The number of carbonyl (C=O) groups is 2. The first-order valence-corrected chi connectivity index (χ1v) is 10.8. The lowest BCUT2D eigenvalue weighted by Crippen LogP contribution is -2.35. The van der Waals surface area contributed by atoms with E-state index >= 15 is 0 Å². The molecule has 0 saturated heterocycles. The molecule has 156 valence electrons. The Bertz CT molecular complexity index is 1140. The first-order chi connectivity index (χ1) is 14.6. The Labute approximate surface area is 177 Å². The van der Waals surface area contributed by atoms with Crippen molar-refractivity contribution in [2.45, 2.75) is 44.7 Å². The van der Waals surface area contributed by atoms with Crippen LogP contribution in [0.3, 0.4) is 0 Å². The van der Waals surface area contributed by atoms with E-state index in [2.05, 4.69) is 10.3 Å². The number of hydrogen-bond acceptors (Lipinski definition) is 6. The molecular formula is C22H23N3O4S. The molecular weight excluding hydrogens is 402 g/mol. The van der Waals surface area contributed by atoms with Gasteiger partial charge >= 0.3 is 5.97 Å². The van der Waals surface area contributed by atoms with Gasteiger partial charge in [-0.25, -0.2) is 9.78 Å². The van der Waals surface area contributed by atoms with Crippen molar-refractivity contribution in [1.82, 2.24) is 14.9 Å². The molecule has 0 radical (unpaired) electrons. The molecule has 8 heteroatoms. The molecule has 1 atom stereocenters. The summed E-state index contributed by atoms with van der Waals surface area (Å²) < 4.78 is 6.31. The van der Waals surface area contributed by atoms with Crippen molar-refractivity contribution in [2.75, 3.05) is 7.11 Å². The van der Waals surface area contributed by atoms with Crippen LogP contribution >= 0.6 is 11.3 Å². The van der Waals surface area contributed by atoms with Crippen molar-refractivity contribution < 1.29 is 14.3 Å². The zero-order valence-electron chi connectivity index (χ0n) is 16.7. The number of methoxy groups -OCH3 is 1. The largest absolute Gasteiger partial charge is 0.467 e. The van der Waals surface area contributed by atoms with Crippen LogP contribution in [0.15, 0.2) is 41.5 Å². The molecule has 0 spiro atoms. The number of aromatic nitrogens is 2. The summed E-state index contributed by atoms with van der Waals surface area (Å²) in [6.45, 7) is 0.195. The molecule has 1 unspecified atom stereocenters. The molecule has 1 amide bonds. The summed E-state index contributed by atoms with van der Waals surface area (Å²) in [5.41, 5.74) is 1.68. The van der Waals surface area contributed by atoms with E-state index in [1.54, 1.807) is 35.6 Å². The highest BCUT2D eigenvalue weighted by Gasteiger charge is 2.24. The van der Waals surface area contributed by atoms with Crippen LogP contribution in [0.2, 0.25) is 0 Å². The molecule has 1 N–H and O–H groups in total. The maximum absolute atomic E-state index is 13.0. The van der Waals surface area contributed by atoms with E-state index in [0.717, 1.165) is 36.1 Å². The van der Waals surface area contributed by atoms with Gasteiger partial charge in [-0.05, 0) is 36.8 Å². The fraction of sp³-hybridized carbons (Fsp3) is 0.364. The van der Waals surface area contributed by atoms with E-state index < -0.39 is 12.0 Å². The minimum Gasteiger partial charge on any atom is -0.467 e. The predicted octanol–water partition coefficient (Wildman–Crippen LogP) is 2.76. The van der Waals surface area contributed by atoms with Gasteiger partial charge in [-0.2, -0.15) is 0 Å². The number of rotatable bonds is 6. The number of hydrogen-bond donors (Lipinski definition) is 1. The molecule has 1 aromatic carbocycles. The third-order valence-corrected chi connectivity index (χ3v) is 6.60. The second-order valence-corrected chi connectivity index (χ2v) is 8.40. The summed E-state index contributed by atoms with van der Waals surface area (Å²) in [6, 6.07) is 8.04. The fourth-order valence-corrected chi connectivity index (χ4v) is 5.06. The lowest BCUT2D eigenvalue weighted by Gasteiger charge is -2.17. The smallest absolute Gasteiger partial charge is 0.333 e. The molecule has 0 aliphatic heterocycles. The summed E-state index contributed by atoms with van der Waals surface area (Å²) in [5, 5.41) is 3.41. The number of ether oxygens (including phenoxy) is 1. The normalized spacial score (nSPS) is 14.2. The summed E-state index contributed by atoms with van der Waals surface area (Å²) in [7, 11) is 1.28. The third kappa shape index (κ3) is 4.00. The van der Waals surface area contributed by atoms with Crippen molar-refractivity contribution in [2.24, 2.45) is 0 Å². The van der Waals surface area contributed by atoms with Gasteiger partial charge < -0.3 is 10.1 Å². The maximum Gasteiger partial charge on any atom is 0.333 e. The average Bonchev–Trinajstić information content (AvgIpc) is 3.16. The van der Waals surface area contributed by atoms with Crippen molar-refractivity contribution in [3.05, 3.63) is 63.0 Å². The van der Waals surface area contributed by atoms with Crippen LogP contribution in [-0.4, -0.2) is 28.5 Å². The minimum absolute atomic E-state index is 0.0553. The van der Waals surface area contributed by atoms with E-state index in [0.29, 0.717) is 10.9 Å². The van der Waals surface area contributed by atoms with Gasteiger partial charge in [0.25, 0.3) is 5.56 Å². The van der Waals surface area contributed by atoms with Crippen LogP contribution in [0.4, 0.5) is 0 Å². The Kier molecular flexibility index (Phi) is 5.94. The van der Waals surface area contributed by atoms with Gasteiger partial charge in [0.05, 0.1) is 18.8 Å². The predicted molar refractivity (Wildman–Crippen MR) is 114 cm³/mol. The third-order valence-electron chi connectivity index (χ3n) is 5.40. The molecule has 1 aliphatic carbocycles. The van der Waals surface area contributed by atoms with Gasteiger partial charge in [0.2, 0.25) is 5.91 Å². The second kappa shape index (κ2) is 8.79. The Morgan fingerprint density at radius 2 is 2.00 bits per heavy atom. The molecule has 7 nitrogen and oxygen atoms in total. The van der Waals surface area contributed by atoms with Gasteiger partial charge in [0, 0.05) is 17.8 Å². The standard InChI is InChI=1S/C22H23N3O4S/c1-29-22(28)19(14-7-3-2-4-8-14)24-17(26)11-12-25-13-23-20-18(21(25)27)15-9-5-6-10-16(15)30-20/h2-4,7-8,13,19H,5-6,9-12H2,1H3,(H,24,26). The first kappa shape index (κ1) is 20.3. The van der Waals surface area contributed by atoms with Crippen LogP contribution in [-0.2, 0) is 33.7 Å². The van der Waals surface area contributed by atoms with E-state index in [9.17, 15) is 14.4 Å². The Morgan fingerprint density at radius 3 is 2.77 bits per heavy atom. The number of nitrogens with zero attached hydrogens (tertiary/aromatic N) is 2. The van der Waals surface area contributed by atoms with Crippen molar-refractivity contribution >= 4 is 33.4 Å². The average molecular weight is 426 g/mol. The fourth-order valence-electron chi connectivity index (χ4n) is 3.84. The number of benzene rings is 1. The monoisotopic (exact) mass is 425 g/mol. The number of thiophene rings is 1. The lowest BCUT2D eigenvalue weighted by molar-refractivity contribution is -0.145. The maximum atomic E-state index is 13.0. The van der Waals surface area contributed by atoms with Crippen LogP contribution in [0.25, 0.3) is 10.2 Å². The van der Waals surface area contributed by atoms with Crippen LogP contribution in [0, 0.1) is 0 Å². The molecule has 30 heavy (non-hydrogen) atoms. The molecule has 1 aliphatic rings. The molecule has 0 saturated carbocycles. The SMILES string of the molecule is COC(=O)C(NC(=O)CCn1cnc2sc3c(c2c1=O)CCCC3)c1ccccc1. The van der Waals surface area contributed by atoms with Crippen LogP contribution in [0.1, 0.15) is 41.3 Å². The van der Waals surface area contributed by atoms with Gasteiger partial charge in [0.15, 0.2) is 6.04 Å². The van der Waals surface area contributed by atoms with Crippen molar-refractivity contribution in [3.63, 3.8) is 0 Å². The molecule has 3 aromatic rings. The quantitative estimate of drug-likeness (QED) is 0.614. The Hall–Kier alpha value is -3.00. The molecule has 0 fully saturated rings. The summed E-state index contributed by atoms with van der Waals surface area (Å²) in [4.78, 5) is 44.1. The number of amides is 1. The van der Waals surface area contributed by atoms with Crippen LogP contribution in [0.5, 0.6) is 0 Å². The molecule has 2 heterocycles. The Morgan fingerprint density at radius 1 is 1.23 bits per heavy atom. The van der Waals surface area contributed by atoms with E-state index in [4.69, 9.17) is 4.74 Å². The van der Waals surface area contributed by atoms with E-state index in [1.807, 2.05) is 6.07 Å². The number of carbonyl (C=O) groups excluding carboxylic acids is 2. The summed E-state index contributed by atoms with van der Waals surface area (Å²) in [5.74, 6) is -0.881. The van der Waals surface area contributed by atoms with Crippen molar-refractivity contribution in [1.29, 1.82) is 0 Å². The summed E-state index contributed by atoms with van der Waals surface area (Å²) >= 11 is 1.60. The first-order valence-electron chi connectivity index (χ1n) is 10.0. The zero-order chi connectivity index (χ0) is 21.1. The minimum atomic E-state index is -0.884. The highest BCUT2D eigenvalue weighted by molar-refractivity contribution is 7.18. The number of fused-ring (bicyclic) bond motifs is 3. The summed E-state index contributed by atoms with van der Waals surface area (Å²) in [6.07, 6.45) is 5.72. The van der Waals surface area contributed by atoms with Crippen LogP contribution < -0.4 is 10.9 Å². The lowest BCUT2D eigenvalue weighted by atomic mass is 9.97. The number of nitrogens with one attached hydrogen (secondary N) is 1. The highest BCUT2D eigenvalue weighted by Crippen LogP contribution is 2.33. The Balaban J connectivity index is 1.49. The molecule has 0 bridgehead atoms. The number of aryl methyl sites for hydroxylation is 3. The van der Waals surface area contributed by atoms with E-state index in [-0.39, 0.29) is 24.4 Å². The molecule has 2 aromatic heterocycles. The zero-order valence-corrected chi connectivity index (χ0v) is 17.5. The van der Waals surface area contributed by atoms with Gasteiger partial charge in [-0.3, -0.25) is 14.2 Å². The second-order valence-electron chi connectivity index (χ2n) is 7.32. The van der Waals surface area contributed by atoms with E-state index in [1.165, 1.54) is 22.9 Å². The van der Waals surface area contributed by atoms with Gasteiger partial charge in [-0.15, -0.1) is 11.3 Å². The number of esters is 1. The van der Waals surface area contributed by atoms with Gasteiger partial charge in [0.1, 0.15) is 4.83 Å². The van der Waals surface area contributed by atoms with Crippen molar-refractivity contribution in [3.8, 4) is 0 Å². The topological polar surface area (TPSA) is 90.3 Å². The highest BCUT2D eigenvalue weighted by atomic mass is 32.1. The van der Waals surface area contributed by atoms with Gasteiger partial charge in [-0.1, -0.05) is 30.3 Å².